The van der Waals surface area contributed by atoms with E-state index in [9.17, 15) is 0 Å². The van der Waals surface area contributed by atoms with Crippen LogP contribution in [-0.2, 0) is 0 Å². The standard InChI is InChI=1S/C15H23NO/c1-5-16-9-7-6-8-14-10-13(3)15(17-4)11-12(14)2/h6,8,10-11,16H,5,7,9H2,1-4H3/b8-6+. The van der Waals surface area contributed by atoms with Gasteiger partial charge in [0.2, 0.25) is 0 Å². The Morgan fingerprint density at radius 1 is 1.24 bits per heavy atom. The van der Waals surface area contributed by atoms with Gasteiger partial charge in [-0.15, -0.1) is 0 Å². The first kappa shape index (κ1) is 13.8. The summed E-state index contributed by atoms with van der Waals surface area (Å²) in [5.41, 5.74) is 3.72. The van der Waals surface area contributed by atoms with Crippen molar-refractivity contribution in [3.63, 3.8) is 0 Å². The molecule has 0 aromatic heterocycles. The molecule has 2 heteroatoms. The molecule has 0 saturated heterocycles. The summed E-state index contributed by atoms with van der Waals surface area (Å²) in [6.07, 6.45) is 5.48. The van der Waals surface area contributed by atoms with E-state index in [4.69, 9.17) is 4.74 Å². The lowest BCUT2D eigenvalue weighted by Gasteiger charge is -2.08. The van der Waals surface area contributed by atoms with Gasteiger partial charge in [0.05, 0.1) is 7.11 Å². The first-order valence-corrected chi connectivity index (χ1v) is 6.21. The molecule has 0 fully saturated rings. The fourth-order valence-corrected chi connectivity index (χ4v) is 1.78. The predicted molar refractivity (Wildman–Crippen MR) is 74.7 cm³/mol. The van der Waals surface area contributed by atoms with Gasteiger partial charge in [0, 0.05) is 0 Å². The van der Waals surface area contributed by atoms with Gasteiger partial charge in [-0.1, -0.05) is 19.1 Å². The van der Waals surface area contributed by atoms with Gasteiger partial charge in [-0.25, -0.2) is 0 Å². The molecule has 0 heterocycles. The minimum Gasteiger partial charge on any atom is -0.496 e. The number of methoxy groups -OCH3 is 1. The molecule has 1 aromatic rings. The molecular formula is C15H23NO. The molecule has 0 aliphatic carbocycles. The molecule has 94 valence electrons. The third kappa shape index (κ3) is 4.23. The van der Waals surface area contributed by atoms with E-state index in [0.29, 0.717) is 0 Å². The van der Waals surface area contributed by atoms with Gasteiger partial charge in [-0.3, -0.25) is 0 Å². The first-order chi connectivity index (χ1) is 8.19. The van der Waals surface area contributed by atoms with E-state index in [1.54, 1.807) is 7.11 Å². The van der Waals surface area contributed by atoms with Crippen molar-refractivity contribution in [2.75, 3.05) is 20.2 Å². The van der Waals surface area contributed by atoms with Crippen LogP contribution in [0, 0.1) is 13.8 Å². The molecule has 0 aliphatic heterocycles. The lowest BCUT2D eigenvalue weighted by molar-refractivity contribution is 0.411. The van der Waals surface area contributed by atoms with Crippen LogP contribution >= 0.6 is 0 Å². The highest BCUT2D eigenvalue weighted by Crippen LogP contribution is 2.23. The molecule has 0 atom stereocenters. The van der Waals surface area contributed by atoms with Crippen molar-refractivity contribution < 1.29 is 4.74 Å². The molecule has 1 aromatic carbocycles. The third-order valence-corrected chi connectivity index (χ3v) is 2.82. The molecule has 0 unspecified atom stereocenters. The summed E-state index contributed by atoms with van der Waals surface area (Å²) in [4.78, 5) is 0. The number of hydrogen-bond acceptors (Lipinski definition) is 2. The Morgan fingerprint density at radius 3 is 2.65 bits per heavy atom. The van der Waals surface area contributed by atoms with Crippen LogP contribution in [0.2, 0.25) is 0 Å². The molecule has 17 heavy (non-hydrogen) atoms. The summed E-state index contributed by atoms with van der Waals surface area (Å²) in [7, 11) is 1.72. The van der Waals surface area contributed by atoms with E-state index in [0.717, 1.165) is 25.3 Å². The van der Waals surface area contributed by atoms with Gasteiger partial charge >= 0.3 is 0 Å². The topological polar surface area (TPSA) is 21.3 Å². The van der Waals surface area contributed by atoms with Gasteiger partial charge in [-0.05, 0) is 62.2 Å². The molecule has 1 N–H and O–H groups in total. The van der Waals surface area contributed by atoms with Crippen LogP contribution in [0.3, 0.4) is 0 Å². The van der Waals surface area contributed by atoms with Gasteiger partial charge in [0.25, 0.3) is 0 Å². The van der Waals surface area contributed by atoms with Crippen LogP contribution in [0.1, 0.15) is 30.0 Å². The summed E-state index contributed by atoms with van der Waals surface area (Å²) in [5.74, 6) is 0.965. The summed E-state index contributed by atoms with van der Waals surface area (Å²) in [5, 5.41) is 3.31. The number of ether oxygens (including phenoxy) is 1. The van der Waals surface area contributed by atoms with Crippen LogP contribution in [0.5, 0.6) is 5.75 Å². The first-order valence-electron chi connectivity index (χ1n) is 6.21. The van der Waals surface area contributed by atoms with Crippen LogP contribution in [0.15, 0.2) is 18.2 Å². The fraction of sp³-hybridized carbons (Fsp3) is 0.467. The molecule has 2 nitrogen and oxygen atoms in total. The average molecular weight is 233 g/mol. The smallest absolute Gasteiger partial charge is 0.122 e. The lowest BCUT2D eigenvalue weighted by atomic mass is 10.0. The Hall–Kier alpha value is -1.28. The predicted octanol–water partition coefficient (Wildman–Crippen LogP) is 3.32. The van der Waals surface area contributed by atoms with Crippen molar-refractivity contribution in [1.82, 2.24) is 5.32 Å². The second kappa shape index (κ2) is 7.13. The molecular weight excluding hydrogens is 210 g/mol. The Kier molecular flexibility index (Phi) is 5.78. The highest BCUT2D eigenvalue weighted by molar-refractivity contribution is 5.57. The molecule has 0 bridgehead atoms. The summed E-state index contributed by atoms with van der Waals surface area (Å²) < 4.78 is 5.30. The summed E-state index contributed by atoms with van der Waals surface area (Å²) in [6.45, 7) is 8.40. The second-order valence-electron chi connectivity index (χ2n) is 4.22. The molecule has 1 rings (SSSR count). The van der Waals surface area contributed by atoms with E-state index < -0.39 is 0 Å². The zero-order valence-corrected chi connectivity index (χ0v) is 11.3. The van der Waals surface area contributed by atoms with Gasteiger partial charge < -0.3 is 10.1 Å². The van der Waals surface area contributed by atoms with Crippen molar-refractivity contribution in [2.45, 2.75) is 27.2 Å². The number of benzene rings is 1. The Bertz CT molecular complexity index is 383. The second-order valence-corrected chi connectivity index (χ2v) is 4.22. The molecule has 0 spiro atoms. The monoisotopic (exact) mass is 233 g/mol. The van der Waals surface area contributed by atoms with Crippen LogP contribution in [0.4, 0.5) is 0 Å². The quantitative estimate of drug-likeness (QED) is 0.761. The SMILES string of the molecule is CCNCC/C=C/c1cc(C)c(OC)cc1C. The van der Waals surface area contributed by atoms with Gasteiger partial charge in [-0.2, -0.15) is 0 Å². The number of rotatable bonds is 6. The largest absolute Gasteiger partial charge is 0.496 e. The zero-order chi connectivity index (χ0) is 12.7. The average Bonchev–Trinajstić information content (AvgIpc) is 2.32. The van der Waals surface area contributed by atoms with Crippen LogP contribution in [0.25, 0.3) is 6.08 Å². The Labute approximate surface area is 105 Å². The van der Waals surface area contributed by atoms with Crippen LogP contribution in [-0.4, -0.2) is 20.2 Å². The van der Waals surface area contributed by atoms with Crippen molar-refractivity contribution in [3.05, 3.63) is 34.9 Å². The Morgan fingerprint density at radius 2 is 2.00 bits per heavy atom. The van der Waals surface area contributed by atoms with E-state index in [1.807, 2.05) is 0 Å². The van der Waals surface area contributed by atoms with E-state index in [-0.39, 0.29) is 0 Å². The zero-order valence-electron chi connectivity index (χ0n) is 11.3. The lowest BCUT2D eigenvalue weighted by Crippen LogP contribution is -2.12. The number of aryl methyl sites for hydroxylation is 2. The van der Waals surface area contributed by atoms with E-state index in [2.05, 4.69) is 50.4 Å². The number of hydrogen-bond donors (Lipinski definition) is 1. The van der Waals surface area contributed by atoms with Crippen molar-refractivity contribution in [3.8, 4) is 5.75 Å². The van der Waals surface area contributed by atoms with Crippen molar-refractivity contribution in [1.29, 1.82) is 0 Å². The molecule has 0 radical (unpaired) electrons. The number of nitrogens with one attached hydrogen (secondary N) is 1. The highest BCUT2D eigenvalue weighted by atomic mass is 16.5. The molecule has 0 amide bonds. The summed E-state index contributed by atoms with van der Waals surface area (Å²) >= 11 is 0. The fourth-order valence-electron chi connectivity index (χ4n) is 1.78. The van der Waals surface area contributed by atoms with Crippen molar-refractivity contribution in [2.24, 2.45) is 0 Å². The highest BCUT2D eigenvalue weighted by Gasteiger charge is 2.01. The Balaban J connectivity index is 2.68. The normalized spacial score (nSPS) is 11.1. The molecule has 0 aliphatic rings. The van der Waals surface area contributed by atoms with Gasteiger partial charge in [0.1, 0.15) is 5.75 Å². The van der Waals surface area contributed by atoms with Crippen LogP contribution < -0.4 is 10.1 Å². The minimum absolute atomic E-state index is 0.965. The maximum absolute atomic E-state index is 5.30. The van der Waals surface area contributed by atoms with Crippen molar-refractivity contribution >= 4 is 6.08 Å². The summed E-state index contributed by atoms with van der Waals surface area (Å²) in [6, 6.07) is 4.28. The maximum atomic E-state index is 5.30. The maximum Gasteiger partial charge on any atom is 0.122 e. The van der Waals surface area contributed by atoms with E-state index >= 15 is 0 Å². The minimum atomic E-state index is 0.965. The molecule has 0 saturated carbocycles. The van der Waals surface area contributed by atoms with Gasteiger partial charge in [0.15, 0.2) is 0 Å². The van der Waals surface area contributed by atoms with E-state index in [1.165, 1.54) is 16.7 Å². The third-order valence-electron chi connectivity index (χ3n) is 2.82.